The molecule has 4 nitrogen and oxygen atoms in total. The molecule has 0 aliphatic carbocycles. The first kappa shape index (κ1) is 13.9. The molecule has 0 aliphatic rings. The van der Waals surface area contributed by atoms with Gasteiger partial charge < -0.3 is 15.7 Å². The third-order valence-electron chi connectivity index (χ3n) is 3.10. The molecule has 3 N–H and O–H groups in total. The lowest BCUT2D eigenvalue weighted by Gasteiger charge is -2.13. The molecular formula is C15H15FN2O2. The summed E-state index contributed by atoms with van der Waals surface area (Å²) >= 11 is 0. The molecule has 2 rings (SSSR count). The number of amidine groups is 1. The van der Waals surface area contributed by atoms with Gasteiger partial charge in [0.05, 0.1) is 5.56 Å². The van der Waals surface area contributed by atoms with E-state index in [4.69, 9.17) is 15.7 Å². The van der Waals surface area contributed by atoms with Crippen molar-refractivity contribution in [2.75, 3.05) is 0 Å². The minimum Gasteiger partial charge on any atom is -0.456 e. The van der Waals surface area contributed by atoms with E-state index in [1.807, 2.05) is 32.0 Å². The van der Waals surface area contributed by atoms with Crippen molar-refractivity contribution in [2.24, 2.45) is 10.9 Å². The molecular weight excluding hydrogens is 259 g/mol. The van der Waals surface area contributed by atoms with E-state index in [2.05, 4.69) is 5.16 Å². The van der Waals surface area contributed by atoms with Crippen molar-refractivity contribution in [3.8, 4) is 11.5 Å². The summed E-state index contributed by atoms with van der Waals surface area (Å²) in [7, 11) is 0. The number of hydrogen-bond acceptors (Lipinski definition) is 3. The van der Waals surface area contributed by atoms with Gasteiger partial charge in [0.15, 0.2) is 5.84 Å². The fourth-order valence-electron chi connectivity index (χ4n) is 1.80. The summed E-state index contributed by atoms with van der Waals surface area (Å²) in [6.07, 6.45) is 0. The van der Waals surface area contributed by atoms with Gasteiger partial charge in [0, 0.05) is 0 Å². The Morgan fingerprint density at radius 3 is 2.65 bits per heavy atom. The number of hydrogen-bond donors (Lipinski definition) is 2. The molecule has 0 fully saturated rings. The largest absolute Gasteiger partial charge is 0.456 e. The molecule has 0 saturated carbocycles. The van der Waals surface area contributed by atoms with Crippen molar-refractivity contribution in [1.29, 1.82) is 0 Å². The topological polar surface area (TPSA) is 67.8 Å². The minimum atomic E-state index is -0.486. The summed E-state index contributed by atoms with van der Waals surface area (Å²) in [6, 6.07) is 9.51. The Morgan fingerprint density at radius 2 is 1.95 bits per heavy atom. The maximum Gasteiger partial charge on any atom is 0.173 e. The lowest BCUT2D eigenvalue weighted by molar-refractivity contribution is 0.318. The molecule has 0 atom stereocenters. The van der Waals surface area contributed by atoms with E-state index in [1.54, 1.807) is 0 Å². The molecule has 2 aromatic rings. The van der Waals surface area contributed by atoms with Crippen LogP contribution in [0.4, 0.5) is 4.39 Å². The highest BCUT2D eigenvalue weighted by Gasteiger charge is 2.12. The van der Waals surface area contributed by atoms with Crippen LogP contribution in [0, 0.1) is 19.7 Å². The van der Waals surface area contributed by atoms with E-state index in [1.165, 1.54) is 12.1 Å². The van der Waals surface area contributed by atoms with E-state index in [9.17, 15) is 4.39 Å². The van der Waals surface area contributed by atoms with Crippen molar-refractivity contribution >= 4 is 5.84 Å². The first-order chi connectivity index (χ1) is 9.52. The smallest absolute Gasteiger partial charge is 0.173 e. The van der Waals surface area contributed by atoms with Gasteiger partial charge in [-0.05, 0) is 49.2 Å². The first-order valence-electron chi connectivity index (χ1n) is 6.04. The second-order valence-electron chi connectivity index (χ2n) is 4.43. The zero-order chi connectivity index (χ0) is 14.7. The van der Waals surface area contributed by atoms with Crippen molar-refractivity contribution in [3.05, 3.63) is 58.9 Å². The van der Waals surface area contributed by atoms with Crippen LogP contribution in [0.2, 0.25) is 0 Å². The van der Waals surface area contributed by atoms with Gasteiger partial charge in [-0.3, -0.25) is 0 Å². The second kappa shape index (κ2) is 5.61. The predicted molar refractivity (Wildman–Crippen MR) is 74.9 cm³/mol. The highest BCUT2D eigenvalue weighted by Crippen LogP contribution is 2.29. The van der Waals surface area contributed by atoms with Crippen LogP contribution in [-0.4, -0.2) is 11.0 Å². The fourth-order valence-corrected chi connectivity index (χ4v) is 1.80. The molecule has 0 radical (unpaired) electrons. The molecule has 5 heteroatoms. The van der Waals surface area contributed by atoms with Gasteiger partial charge in [-0.15, -0.1) is 0 Å². The standard InChI is InChI=1S/C15H15FN2O2/c1-9-4-3-5-13(10(9)2)20-14-7-6-11(16)8-12(14)15(17)18-19/h3-8,19H,1-2H3,(H2,17,18). The zero-order valence-corrected chi connectivity index (χ0v) is 11.2. The molecule has 0 spiro atoms. The molecule has 0 aromatic heterocycles. The zero-order valence-electron chi connectivity index (χ0n) is 11.2. The molecule has 0 unspecified atom stereocenters. The van der Waals surface area contributed by atoms with Crippen LogP contribution in [0.25, 0.3) is 0 Å². The van der Waals surface area contributed by atoms with Gasteiger partial charge in [0.25, 0.3) is 0 Å². The van der Waals surface area contributed by atoms with Crippen LogP contribution in [-0.2, 0) is 0 Å². The summed E-state index contributed by atoms with van der Waals surface area (Å²) in [5.41, 5.74) is 7.79. The van der Waals surface area contributed by atoms with Gasteiger partial charge in [-0.1, -0.05) is 17.3 Å². The Labute approximate surface area is 116 Å². The van der Waals surface area contributed by atoms with Gasteiger partial charge >= 0.3 is 0 Å². The van der Waals surface area contributed by atoms with Crippen LogP contribution >= 0.6 is 0 Å². The Balaban J connectivity index is 2.46. The third kappa shape index (κ3) is 2.71. The number of oxime groups is 1. The molecule has 0 saturated heterocycles. The normalized spacial score (nSPS) is 11.4. The van der Waals surface area contributed by atoms with Crippen LogP contribution in [0.3, 0.4) is 0 Å². The maximum absolute atomic E-state index is 13.3. The summed E-state index contributed by atoms with van der Waals surface area (Å²) in [6.45, 7) is 3.90. The number of aryl methyl sites for hydroxylation is 1. The van der Waals surface area contributed by atoms with E-state index < -0.39 is 5.82 Å². The highest BCUT2D eigenvalue weighted by atomic mass is 19.1. The predicted octanol–water partition coefficient (Wildman–Crippen LogP) is 3.33. The van der Waals surface area contributed by atoms with Gasteiger partial charge in [-0.25, -0.2) is 4.39 Å². The lowest BCUT2D eigenvalue weighted by atomic mass is 10.1. The second-order valence-corrected chi connectivity index (χ2v) is 4.43. The SMILES string of the molecule is Cc1cccc(Oc2ccc(F)cc2C(N)=NO)c1C. The number of nitrogens with zero attached hydrogens (tertiary/aromatic N) is 1. The first-order valence-corrected chi connectivity index (χ1v) is 6.04. The molecule has 104 valence electrons. The van der Waals surface area contributed by atoms with Gasteiger partial charge in [0.2, 0.25) is 0 Å². The number of ether oxygens (including phenoxy) is 1. The van der Waals surface area contributed by atoms with Crippen molar-refractivity contribution in [3.63, 3.8) is 0 Å². The average Bonchev–Trinajstić information content (AvgIpc) is 2.44. The van der Waals surface area contributed by atoms with E-state index in [0.29, 0.717) is 11.5 Å². The van der Waals surface area contributed by atoms with E-state index >= 15 is 0 Å². The van der Waals surface area contributed by atoms with Crippen LogP contribution < -0.4 is 10.5 Å². The lowest BCUT2D eigenvalue weighted by Crippen LogP contribution is -2.14. The summed E-state index contributed by atoms with van der Waals surface area (Å²) in [5.74, 6) is 0.281. The number of nitrogens with two attached hydrogens (primary N) is 1. The molecule has 20 heavy (non-hydrogen) atoms. The number of rotatable bonds is 3. The average molecular weight is 274 g/mol. The Kier molecular flexibility index (Phi) is 3.89. The number of halogens is 1. The summed E-state index contributed by atoms with van der Waals surface area (Å²) in [4.78, 5) is 0. The van der Waals surface area contributed by atoms with Crippen molar-refractivity contribution in [2.45, 2.75) is 13.8 Å². The Morgan fingerprint density at radius 1 is 1.20 bits per heavy atom. The van der Waals surface area contributed by atoms with Crippen molar-refractivity contribution in [1.82, 2.24) is 0 Å². The molecule has 2 aromatic carbocycles. The monoisotopic (exact) mass is 274 g/mol. The van der Waals surface area contributed by atoms with Gasteiger partial charge in [0.1, 0.15) is 17.3 Å². The van der Waals surface area contributed by atoms with Crippen LogP contribution in [0.15, 0.2) is 41.6 Å². The van der Waals surface area contributed by atoms with Crippen LogP contribution in [0.5, 0.6) is 11.5 Å². The van der Waals surface area contributed by atoms with E-state index in [0.717, 1.165) is 17.2 Å². The van der Waals surface area contributed by atoms with E-state index in [-0.39, 0.29) is 11.4 Å². The Bertz CT molecular complexity index is 669. The summed E-state index contributed by atoms with van der Waals surface area (Å²) < 4.78 is 19.0. The summed E-state index contributed by atoms with van der Waals surface area (Å²) in [5, 5.41) is 11.6. The maximum atomic E-state index is 13.3. The highest BCUT2D eigenvalue weighted by molar-refractivity contribution is 5.99. The fraction of sp³-hybridized carbons (Fsp3) is 0.133. The Hall–Kier alpha value is -2.56. The third-order valence-corrected chi connectivity index (χ3v) is 3.10. The molecule has 0 bridgehead atoms. The molecule has 0 heterocycles. The van der Waals surface area contributed by atoms with Gasteiger partial charge in [-0.2, -0.15) is 0 Å². The molecule has 0 aliphatic heterocycles. The van der Waals surface area contributed by atoms with Crippen molar-refractivity contribution < 1.29 is 14.3 Å². The van der Waals surface area contributed by atoms with Crippen LogP contribution in [0.1, 0.15) is 16.7 Å². The molecule has 0 amide bonds. The quantitative estimate of drug-likeness (QED) is 0.390. The number of benzene rings is 2. The minimum absolute atomic E-state index is 0.202.